The molecule has 1 unspecified atom stereocenters. The fraction of sp³-hybridized carbons (Fsp3) is 0.267. The van der Waals surface area contributed by atoms with Crippen molar-refractivity contribution in [2.75, 3.05) is 0 Å². The average molecular weight is 286 g/mol. The number of rotatable bonds is 6. The fourth-order valence-electron chi connectivity index (χ4n) is 2.36. The molecular weight excluding hydrogens is 268 g/mol. The number of thiazole rings is 1. The minimum Gasteiger partial charge on any atom is -0.297 e. The first-order valence-corrected chi connectivity index (χ1v) is 7.64. The summed E-state index contributed by atoms with van der Waals surface area (Å²) in [4.78, 5) is 5.64. The number of aryl methyl sites for hydroxylation is 1. The molecule has 0 amide bonds. The van der Waals surface area contributed by atoms with E-state index in [4.69, 9.17) is 5.84 Å². The molecule has 1 atom stereocenters. The molecule has 1 aromatic carbocycles. The zero-order valence-corrected chi connectivity index (χ0v) is 12.0. The molecule has 2 heterocycles. The van der Waals surface area contributed by atoms with Crippen LogP contribution in [0.2, 0.25) is 0 Å². The molecule has 20 heavy (non-hydrogen) atoms. The SMILES string of the molecule is NNC(CCc1ccccc1)Cc1cn2ccsc2n1. The number of benzene rings is 1. The second-order valence-corrected chi connectivity index (χ2v) is 5.79. The van der Waals surface area contributed by atoms with Crippen molar-refractivity contribution in [3.63, 3.8) is 0 Å². The summed E-state index contributed by atoms with van der Waals surface area (Å²) < 4.78 is 2.06. The Hall–Kier alpha value is -1.69. The Balaban J connectivity index is 1.60. The van der Waals surface area contributed by atoms with Crippen LogP contribution in [-0.4, -0.2) is 15.4 Å². The highest BCUT2D eigenvalue weighted by atomic mass is 32.1. The van der Waals surface area contributed by atoms with Gasteiger partial charge in [0.05, 0.1) is 5.69 Å². The van der Waals surface area contributed by atoms with E-state index in [1.54, 1.807) is 11.3 Å². The van der Waals surface area contributed by atoms with Crippen LogP contribution >= 0.6 is 11.3 Å². The zero-order valence-electron chi connectivity index (χ0n) is 11.2. The Morgan fingerprint density at radius 3 is 2.90 bits per heavy atom. The summed E-state index contributed by atoms with van der Waals surface area (Å²) in [6, 6.07) is 10.7. The van der Waals surface area contributed by atoms with Crippen molar-refractivity contribution in [3.8, 4) is 0 Å². The van der Waals surface area contributed by atoms with Gasteiger partial charge < -0.3 is 0 Å². The predicted molar refractivity (Wildman–Crippen MR) is 82.6 cm³/mol. The maximum absolute atomic E-state index is 5.67. The van der Waals surface area contributed by atoms with Crippen LogP contribution in [0.15, 0.2) is 48.1 Å². The third kappa shape index (κ3) is 3.07. The van der Waals surface area contributed by atoms with Gasteiger partial charge >= 0.3 is 0 Å². The van der Waals surface area contributed by atoms with Crippen molar-refractivity contribution in [3.05, 3.63) is 59.4 Å². The zero-order chi connectivity index (χ0) is 13.8. The van der Waals surface area contributed by atoms with Crippen LogP contribution in [-0.2, 0) is 12.8 Å². The van der Waals surface area contributed by atoms with Crippen LogP contribution in [0.1, 0.15) is 17.7 Å². The molecule has 3 rings (SSSR count). The van der Waals surface area contributed by atoms with Crippen LogP contribution in [0.3, 0.4) is 0 Å². The highest BCUT2D eigenvalue weighted by molar-refractivity contribution is 7.15. The number of imidazole rings is 1. The molecule has 0 spiro atoms. The average Bonchev–Trinajstić information content (AvgIpc) is 3.05. The minimum atomic E-state index is 0.250. The van der Waals surface area contributed by atoms with E-state index < -0.39 is 0 Å². The molecule has 0 aliphatic rings. The number of hydrogen-bond donors (Lipinski definition) is 2. The molecule has 0 saturated carbocycles. The first-order chi connectivity index (χ1) is 9.85. The van der Waals surface area contributed by atoms with Crippen LogP contribution in [0.4, 0.5) is 0 Å². The van der Waals surface area contributed by atoms with Crippen molar-refractivity contribution in [2.45, 2.75) is 25.3 Å². The largest absolute Gasteiger partial charge is 0.297 e. The van der Waals surface area contributed by atoms with Gasteiger partial charge in [0, 0.05) is 30.2 Å². The number of hydrogen-bond acceptors (Lipinski definition) is 4. The van der Waals surface area contributed by atoms with E-state index in [0.29, 0.717) is 0 Å². The topological polar surface area (TPSA) is 55.3 Å². The number of aromatic nitrogens is 2. The molecular formula is C15H18N4S. The van der Waals surface area contributed by atoms with Crippen LogP contribution in [0.5, 0.6) is 0 Å². The van der Waals surface area contributed by atoms with Gasteiger partial charge in [-0.1, -0.05) is 30.3 Å². The molecule has 3 N–H and O–H groups in total. The van der Waals surface area contributed by atoms with Gasteiger partial charge in [0.2, 0.25) is 0 Å². The first kappa shape index (κ1) is 13.3. The summed E-state index contributed by atoms with van der Waals surface area (Å²) in [7, 11) is 0. The van der Waals surface area contributed by atoms with Crippen LogP contribution in [0, 0.1) is 0 Å². The van der Waals surface area contributed by atoms with E-state index >= 15 is 0 Å². The Kier molecular flexibility index (Phi) is 4.11. The maximum atomic E-state index is 5.67. The second-order valence-electron chi connectivity index (χ2n) is 4.92. The molecule has 2 aromatic heterocycles. The molecule has 4 nitrogen and oxygen atoms in total. The van der Waals surface area contributed by atoms with E-state index in [2.05, 4.69) is 45.3 Å². The van der Waals surface area contributed by atoms with E-state index in [9.17, 15) is 0 Å². The van der Waals surface area contributed by atoms with Crippen molar-refractivity contribution in [1.29, 1.82) is 0 Å². The number of fused-ring (bicyclic) bond motifs is 1. The quantitative estimate of drug-likeness (QED) is 0.540. The van der Waals surface area contributed by atoms with Crippen molar-refractivity contribution in [1.82, 2.24) is 14.8 Å². The monoisotopic (exact) mass is 286 g/mol. The molecule has 0 fully saturated rings. The Labute approximate surface area is 122 Å². The van der Waals surface area contributed by atoms with E-state index in [-0.39, 0.29) is 6.04 Å². The molecule has 0 aliphatic carbocycles. The van der Waals surface area contributed by atoms with Crippen molar-refractivity contribution in [2.24, 2.45) is 5.84 Å². The third-order valence-corrected chi connectivity index (χ3v) is 4.23. The molecule has 5 heteroatoms. The smallest absolute Gasteiger partial charge is 0.193 e. The predicted octanol–water partition coefficient (Wildman–Crippen LogP) is 2.40. The number of nitrogens with zero attached hydrogens (tertiary/aromatic N) is 2. The second kappa shape index (κ2) is 6.17. The van der Waals surface area contributed by atoms with Crippen LogP contribution < -0.4 is 11.3 Å². The molecule has 0 bridgehead atoms. The highest BCUT2D eigenvalue weighted by Crippen LogP contribution is 2.14. The Morgan fingerprint density at radius 1 is 1.30 bits per heavy atom. The molecule has 3 aromatic rings. The summed E-state index contributed by atoms with van der Waals surface area (Å²) in [5, 5.41) is 2.04. The fourth-order valence-corrected chi connectivity index (χ4v) is 3.08. The van der Waals surface area contributed by atoms with E-state index in [0.717, 1.165) is 29.9 Å². The summed E-state index contributed by atoms with van der Waals surface area (Å²) in [6.07, 6.45) is 7.01. The minimum absolute atomic E-state index is 0.250. The summed E-state index contributed by atoms with van der Waals surface area (Å²) >= 11 is 1.65. The lowest BCUT2D eigenvalue weighted by molar-refractivity contribution is 0.488. The third-order valence-electron chi connectivity index (χ3n) is 3.46. The van der Waals surface area contributed by atoms with Gasteiger partial charge in [-0.3, -0.25) is 15.7 Å². The van der Waals surface area contributed by atoms with Gasteiger partial charge in [0.25, 0.3) is 0 Å². The number of nitrogens with one attached hydrogen (secondary N) is 1. The Morgan fingerprint density at radius 2 is 2.15 bits per heavy atom. The van der Waals surface area contributed by atoms with Crippen molar-refractivity contribution < 1.29 is 0 Å². The van der Waals surface area contributed by atoms with Crippen LogP contribution in [0.25, 0.3) is 4.96 Å². The lowest BCUT2D eigenvalue weighted by Gasteiger charge is -2.14. The van der Waals surface area contributed by atoms with Gasteiger partial charge in [0.1, 0.15) is 0 Å². The van der Waals surface area contributed by atoms with Gasteiger partial charge in [-0.15, -0.1) is 11.3 Å². The normalized spacial score (nSPS) is 12.8. The Bertz CT molecular complexity index is 630. The lowest BCUT2D eigenvalue weighted by atomic mass is 10.0. The van der Waals surface area contributed by atoms with Crippen molar-refractivity contribution >= 4 is 16.3 Å². The number of hydrazine groups is 1. The summed E-state index contributed by atoms with van der Waals surface area (Å²) in [5.41, 5.74) is 5.35. The highest BCUT2D eigenvalue weighted by Gasteiger charge is 2.11. The first-order valence-electron chi connectivity index (χ1n) is 6.76. The number of nitrogens with two attached hydrogens (primary N) is 1. The van der Waals surface area contributed by atoms with Gasteiger partial charge in [-0.05, 0) is 18.4 Å². The summed E-state index contributed by atoms with van der Waals surface area (Å²) in [5.74, 6) is 5.67. The van der Waals surface area contributed by atoms with Gasteiger partial charge in [0.15, 0.2) is 4.96 Å². The summed E-state index contributed by atoms with van der Waals surface area (Å²) in [6.45, 7) is 0. The standard InChI is InChI=1S/C15H18N4S/c16-18-13(7-6-12-4-2-1-3-5-12)10-14-11-19-8-9-20-15(19)17-14/h1-5,8-9,11,13,18H,6-7,10,16H2. The van der Waals surface area contributed by atoms with Gasteiger partial charge in [-0.25, -0.2) is 4.98 Å². The maximum Gasteiger partial charge on any atom is 0.193 e. The molecule has 0 radical (unpaired) electrons. The van der Waals surface area contributed by atoms with E-state index in [1.165, 1.54) is 5.56 Å². The van der Waals surface area contributed by atoms with E-state index in [1.807, 2.05) is 17.6 Å². The molecule has 0 saturated heterocycles. The van der Waals surface area contributed by atoms with Gasteiger partial charge in [-0.2, -0.15) is 0 Å². The molecule has 0 aliphatic heterocycles. The molecule has 104 valence electrons. The lowest BCUT2D eigenvalue weighted by Crippen LogP contribution is -2.37.